The molecule has 0 amide bonds. The molecule has 5 rings (SSSR count). The molecule has 5 unspecified atom stereocenters. The van der Waals surface area contributed by atoms with E-state index in [1.807, 2.05) is 6.92 Å². The van der Waals surface area contributed by atoms with Gasteiger partial charge in [-0.1, -0.05) is 26.8 Å². The molecule has 2 aliphatic carbocycles. The van der Waals surface area contributed by atoms with Crippen LogP contribution in [0.15, 0.2) is 12.1 Å². The van der Waals surface area contributed by atoms with E-state index in [1.54, 1.807) is 13.2 Å². The molecule has 0 radical (unpaired) electrons. The Kier molecular flexibility index (Phi) is 3.77. The number of hydrogen-bond acceptors (Lipinski definition) is 5. The highest BCUT2D eigenvalue weighted by molar-refractivity contribution is 5.60. The third-order valence-corrected chi connectivity index (χ3v) is 8.69. The molecule has 7 atom stereocenters. The van der Waals surface area contributed by atoms with Gasteiger partial charge in [0.05, 0.1) is 5.60 Å². The van der Waals surface area contributed by atoms with E-state index < -0.39 is 5.60 Å². The average molecular weight is 388 g/mol. The van der Waals surface area contributed by atoms with Gasteiger partial charge in [0.15, 0.2) is 11.5 Å². The molecule has 1 aromatic rings. The second-order valence-corrected chi connectivity index (χ2v) is 10.6. The second-order valence-electron chi connectivity index (χ2n) is 10.6. The number of phenolic OH excluding ortho intramolecular Hbond substituents is 1. The number of piperidine rings is 1. The van der Waals surface area contributed by atoms with Crippen molar-refractivity contribution >= 4 is 0 Å². The topological polar surface area (TPSA) is 71.0 Å². The molecule has 154 valence electrons. The summed E-state index contributed by atoms with van der Waals surface area (Å²) in [5.41, 5.74) is 1.19. The number of aliphatic hydroxyl groups is 1. The average Bonchev–Trinajstić information content (AvgIpc) is 2.96. The Balaban J connectivity index is 1.70. The number of benzene rings is 1. The van der Waals surface area contributed by atoms with E-state index >= 15 is 0 Å². The largest absolute Gasteiger partial charge is 0.504 e. The summed E-state index contributed by atoms with van der Waals surface area (Å²) in [4.78, 5) is 0. The number of rotatable bonds is 2. The number of ether oxygens (including phenoxy) is 2. The normalized spacial score (nSPS) is 40.4. The minimum Gasteiger partial charge on any atom is -0.504 e. The Morgan fingerprint density at radius 3 is 2.68 bits per heavy atom. The van der Waals surface area contributed by atoms with E-state index in [1.165, 1.54) is 11.1 Å². The maximum atomic E-state index is 11.7. The Bertz CT molecular complexity index is 814. The van der Waals surface area contributed by atoms with Gasteiger partial charge in [0.1, 0.15) is 12.2 Å². The molecule has 28 heavy (non-hydrogen) atoms. The third-order valence-electron chi connectivity index (χ3n) is 8.69. The van der Waals surface area contributed by atoms with Crippen LogP contribution in [0.25, 0.3) is 0 Å². The molecule has 2 aliphatic heterocycles. The Morgan fingerprint density at radius 2 is 2.00 bits per heavy atom. The van der Waals surface area contributed by atoms with E-state index in [0.29, 0.717) is 17.7 Å². The standard InChI is InChI=1S/C23H33NO4/c1-21(2,3)22(4,26)14-11-13-15-10-12-6-7-16(25)19-17(12)23(13,8-9-24-15)20(28-19)18(14)27-5/h6-7,13-15,18,20,24-26H,8-11H2,1-5H3/t13?,14-,15?,18?,20-,22?,23?/m0/s1. The molecular weight excluding hydrogens is 354 g/mol. The molecule has 2 heterocycles. The predicted molar refractivity (Wildman–Crippen MR) is 107 cm³/mol. The van der Waals surface area contributed by atoms with E-state index in [2.05, 4.69) is 32.2 Å². The molecule has 2 fully saturated rings. The fraction of sp³-hybridized carbons (Fsp3) is 0.739. The van der Waals surface area contributed by atoms with Crippen LogP contribution in [0.4, 0.5) is 0 Å². The maximum absolute atomic E-state index is 11.7. The summed E-state index contributed by atoms with van der Waals surface area (Å²) in [6.07, 6.45) is 2.43. The van der Waals surface area contributed by atoms with Crippen molar-refractivity contribution in [2.45, 2.75) is 76.2 Å². The summed E-state index contributed by atoms with van der Waals surface area (Å²) in [7, 11) is 1.74. The molecule has 1 saturated heterocycles. The molecule has 4 aliphatic rings. The van der Waals surface area contributed by atoms with Gasteiger partial charge < -0.3 is 25.0 Å². The van der Waals surface area contributed by atoms with Gasteiger partial charge in [0.25, 0.3) is 0 Å². The smallest absolute Gasteiger partial charge is 0.165 e. The van der Waals surface area contributed by atoms with Crippen molar-refractivity contribution in [1.29, 1.82) is 0 Å². The minimum atomic E-state index is -0.899. The van der Waals surface area contributed by atoms with Crippen molar-refractivity contribution in [2.75, 3.05) is 13.7 Å². The fourth-order valence-corrected chi connectivity index (χ4v) is 6.80. The van der Waals surface area contributed by atoms with Crippen LogP contribution in [0.2, 0.25) is 0 Å². The fourth-order valence-electron chi connectivity index (χ4n) is 6.80. The summed E-state index contributed by atoms with van der Waals surface area (Å²) in [5, 5.41) is 26.0. The number of hydrogen-bond donors (Lipinski definition) is 3. The highest BCUT2D eigenvalue weighted by atomic mass is 16.5. The third kappa shape index (κ3) is 2.08. The molecule has 5 heteroatoms. The molecule has 1 spiro atoms. The van der Waals surface area contributed by atoms with Crippen LogP contribution in [-0.2, 0) is 16.6 Å². The van der Waals surface area contributed by atoms with Crippen LogP contribution in [-0.4, -0.2) is 47.7 Å². The second kappa shape index (κ2) is 5.65. The number of aromatic hydroxyl groups is 1. The lowest BCUT2D eigenvalue weighted by Gasteiger charge is -2.61. The number of methoxy groups -OCH3 is 1. The van der Waals surface area contributed by atoms with Crippen molar-refractivity contribution in [1.82, 2.24) is 5.32 Å². The maximum Gasteiger partial charge on any atom is 0.165 e. The Hall–Kier alpha value is -1.30. The first kappa shape index (κ1) is 18.7. The quantitative estimate of drug-likeness (QED) is 0.728. The van der Waals surface area contributed by atoms with Crippen LogP contribution < -0.4 is 10.1 Å². The zero-order valence-corrected chi connectivity index (χ0v) is 17.6. The van der Waals surface area contributed by atoms with Gasteiger partial charge in [0.2, 0.25) is 0 Å². The van der Waals surface area contributed by atoms with E-state index in [9.17, 15) is 10.2 Å². The summed E-state index contributed by atoms with van der Waals surface area (Å²) < 4.78 is 12.6. The van der Waals surface area contributed by atoms with Crippen LogP contribution in [0.5, 0.6) is 11.5 Å². The Morgan fingerprint density at radius 1 is 1.25 bits per heavy atom. The first-order valence-electron chi connectivity index (χ1n) is 10.6. The lowest BCUT2D eigenvalue weighted by molar-refractivity contribution is -0.198. The number of phenols is 1. The van der Waals surface area contributed by atoms with Crippen molar-refractivity contribution in [3.63, 3.8) is 0 Å². The Labute approximate surface area is 167 Å². The van der Waals surface area contributed by atoms with Gasteiger partial charge in [-0.2, -0.15) is 0 Å². The molecule has 1 aromatic carbocycles. The first-order valence-corrected chi connectivity index (χ1v) is 10.6. The van der Waals surface area contributed by atoms with Crippen molar-refractivity contribution < 1.29 is 19.7 Å². The predicted octanol–water partition coefficient (Wildman–Crippen LogP) is 2.76. The zero-order valence-electron chi connectivity index (χ0n) is 17.6. The highest BCUT2D eigenvalue weighted by Crippen LogP contribution is 2.65. The van der Waals surface area contributed by atoms with Crippen LogP contribution in [0.1, 0.15) is 51.7 Å². The summed E-state index contributed by atoms with van der Waals surface area (Å²) in [6.45, 7) is 9.19. The van der Waals surface area contributed by atoms with Gasteiger partial charge in [0, 0.05) is 30.0 Å². The lowest BCUT2D eigenvalue weighted by atomic mass is 9.47. The SMILES string of the molecule is COC1[C@@H]2Oc3c(O)ccc4c3C23CCNC(C4)C3C[C@@H]1C(C)(O)C(C)(C)C. The van der Waals surface area contributed by atoms with Gasteiger partial charge in [-0.25, -0.2) is 0 Å². The molecular formula is C23H33NO4. The van der Waals surface area contributed by atoms with E-state index in [4.69, 9.17) is 9.47 Å². The van der Waals surface area contributed by atoms with Gasteiger partial charge in [-0.05, 0) is 55.7 Å². The number of nitrogens with one attached hydrogen (secondary N) is 1. The van der Waals surface area contributed by atoms with E-state index in [-0.39, 0.29) is 34.7 Å². The van der Waals surface area contributed by atoms with Crippen LogP contribution >= 0.6 is 0 Å². The van der Waals surface area contributed by atoms with Crippen LogP contribution in [0.3, 0.4) is 0 Å². The molecule has 0 aromatic heterocycles. The monoisotopic (exact) mass is 387 g/mol. The molecule has 1 saturated carbocycles. The van der Waals surface area contributed by atoms with Crippen molar-refractivity contribution in [3.05, 3.63) is 23.3 Å². The van der Waals surface area contributed by atoms with E-state index in [0.717, 1.165) is 25.8 Å². The van der Waals surface area contributed by atoms with Crippen molar-refractivity contribution in [3.8, 4) is 11.5 Å². The lowest BCUT2D eigenvalue weighted by Crippen LogP contribution is -2.71. The van der Waals surface area contributed by atoms with Gasteiger partial charge >= 0.3 is 0 Å². The molecule has 5 nitrogen and oxygen atoms in total. The summed E-state index contributed by atoms with van der Waals surface area (Å²) in [6, 6.07) is 4.21. The summed E-state index contributed by atoms with van der Waals surface area (Å²) in [5.74, 6) is 1.21. The highest BCUT2D eigenvalue weighted by Gasteiger charge is 2.69. The first-order chi connectivity index (χ1) is 13.1. The zero-order chi connectivity index (χ0) is 20.1. The minimum absolute atomic E-state index is 0.0407. The molecule has 3 N–H and O–H groups in total. The van der Waals surface area contributed by atoms with Crippen molar-refractivity contribution in [2.24, 2.45) is 17.3 Å². The van der Waals surface area contributed by atoms with Gasteiger partial charge in [-0.3, -0.25) is 0 Å². The summed E-state index contributed by atoms with van der Waals surface area (Å²) >= 11 is 0. The van der Waals surface area contributed by atoms with Crippen LogP contribution in [0, 0.1) is 17.3 Å². The van der Waals surface area contributed by atoms with Gasteiger partial charge in [-0.15, -0.1) is 0 Å². The molecule has 2 bridgehead atoms.